The van der Waals surface area contributed by atoms with E-state index < -0.39 is 0 Å². The van der Waals surface area contributed by atoms with E-state index in [1.165, 1.54) is 6.07 Å². The van der Waals surface area contributed by atoms with Crippen molar-refractivity contribution in [2.45, 2.75) is 26.8 Å². The third kappa shape index (κ3) is 4.80. The lowest BCUT2D eigenvalue weighted by Crippen LogP contribution is -2.37. The number of aliphatic imine (C=N–C) groups is 1. The summed E-state index contributed by atoms with van der Waals surface area (Å²) in [4.78, 5) is 8.61. The number of aryl methyl sites for hydroxylation is 2. The van der Waals surface area contributed by atoms with Gasteiger partial charge in [-0.25, -0.2) is 9.37 Å². The van der Waals surface area contributed by atoms with Gasteiger partial charge in [-0.3, -0.25) is 4.99 Å². The molecular weight excluding hydrogens is 299 g/mol. The maximum atomic E-state index is 13.2. The first-order valence-electron chi connectivity index (χ1n) is 7.19. The molecule has 0 aliphatic heterocycles. The fourth-order valence-corrected chi connectivity index (χ4v) is 2.70. The molecule has 0 atom stereocenters. The van der Waals surface area contributed by atoms with Gasteiger partial charge in [-0.15, -0.1) is 11.3 Å². The van der Waals surface area contributed by atoms with E-state index in [1.54, 1.807) is 31.4 Å². The minimum atomic E-state index is -0.176. The SMILES string of the molecule is CN=C(NCCc1csc(C)n1)NCc1ccc(F)c(C)c1. The molecule has 0 aliphatic carbocycles. The zero-order valence-corrected chi connectivity index (χ0v) is 13.9. The molecule has 4 nitrogen and oxygen atoms in total. The summed E-state index contributed by atoms with van der Waals surface area (Å²) in [5, 5.41) is 9.64. The lowest BCUT2D eigenvalue weighted by Gasteiger charge is -2.12. The summed E-state index contributed by atoms with van der Waals surface area (Å²) in [7, 11) is 1.73. The summed E-state index contributed by atoms with van der Waals surface area (Å²) in [6, 6.07) is 5.11. The van der Waals surface area contributed by atoms with Crippen molar-refractivity contribution >= 4 is 17.3 Å². The molecule has 0 radical (unpaired) electrons. The van der Waals surface area contributed by atoms with Gasteiger partial charge in [0.15, 0.2) is 5.96 Å². The number of guanidine groups is 1. The van der Waals surface area contributed by atoms with Crippen molar-refractivity contribution in [3.63, 3.8) is 0 Å². The highest BCUT2D eigenvalue weighted by atomic mass is 32.1. The summed E-state index contributed by atoms with van der Waals surface area (Å²) in [5.74, 6) is 0.554. The van der Waals surface area contributed by atoms with Crippen LogP contribution in [0.5, 0.6) is 0 Å². The van der Waals surface area contributed by atoms with E-state index in [1.807, 2.05) is 13.0 Å². The molecule has 0 fully saturated rings. The van der Waals surface area contributed by atoms with E-state index in [-0.39, 0.29) is 5.82 Å². The molecule has 0 saturated carbocycles. The second-order valence-corrected chi connectivity index (χ2v) is 6.11. The minimum absolute atomic E-state index is 0.176. The van der Waals surface area contributed by atoms with Gasteiger partial charge in [0.05, 0.1) is 10.7 Å². The van der Waals surface area contributed by atoms with Gasteiger partial charge >= 0.3 is 0 Å². The first kappa shape index (κ1) is 16.4. The fourth-order valence-electron chi connectivity index (χ4n) is 2.06. The quantitative estimate of drug-likeness (QED) is 0.658. The summed E-state index contributed by atoms with van der Waals surface area (Å²) in [6.45, 7) is 5.15. The Labute approximate surface area is 134 Å². The Balaban J connectivity index is 1.78. The smallest absolute Gasteiger partial charge is 0.191 e. The van der Waals surface area contributed by atoms with E-state index in [2.05, 4.69) is 26.0 Å². The monoisotopic (exact) mass is 320 g/mol. The van der Waals surface area contributed by atoms with Crippen molar-refractivity contribution < 1.29 is 4.39 Å². The molecule has 1 heterocycles. The average Bonchev–Trinajstić information content (AvgIpc) is 2.91. The molecule has 1 aromatic carbocycles. The summed E-state index contributed by atoms with van der Waals surface area (Å²) in [6.07, 6.45) is 0.862. The average molecular weight is 320 g/mol. The zero-order valence-electron chi connectivity index (χ0n) is 13.1. The highest BCUT2D eigenvalue weighted by molar-refractivity contribution is 7.09. The number of benzene rings is 1. The van der Waals surface area contributed by atoms with Gasteiger partial charge in [0.1, 0.15) is 5.82 Å². The Hall–Kier alpha value is -1.95. The molecule has 6 heteroatoms. The molecule has 0 aliphatic rings. The third-order valence-corrected chi connectivity index (χ3v) is 4.07. The lowest BCUT2D eigenvalue weighted by molar-refractivity contribution is 0.617. The van der Waals surface area contributed by atoms with E-state index in [9.17, 15) is 4.39 Å². The molecule has 2 aromatic rings. The van der Waals surface area contributed by atoms with Crippen LogP contribution >= 0.6 is 11.3 Å². The van der Waals surface area contributed by atoms with Crippen LogP contribution in [0.2, 0.25) is 0 Å². The maximum absolute atomic E-state index is 13.2. The second kappa shape index (κ2) is 7.89. The van der Waals surface area contributed by atoms with E-state index in [4.69, 9.17) is 0 Å². The Kier molecular flexibility index (Phi) is 5.89. The molecule has 1 aromatic heterocycles. The van der Waals surface area contributed by atoms with Crippen molar-refractivity contribution in [1.82, 2.24) is 15.6 Å². The number of aromatic nitrogens is 1. The van der Waals surface area contributed by atoms with Crippen molar-refractivity contribution in [1.29, 1.82) is 0 Å². The van der Waals surface area contributed by atoms with E-state index in [0.717, 1.165) is 35.2 Å². The van der Waals surface area contributed by atoms with Crippen molar-refractivity contribution in [3.8, 4) is 0 Å². The summed E-state index contributed by atoms with van der Waals surface area (Å²) in [5.41, 5.74) is 2.78. The molecule has 118 valence electrons. The Morgan fingerprint density at radius 3 is 2.77 bits per heavy atom. The minimum Gasteiger partial charge on any atom is -0.356 e. The molecule has 0 bridgehead atoms. The highest BCUT2D eigenvalue weighted by Gasteiger charge is 2.02. The molecule has 0 unspecified atom stereocenters. The lowest BCUT2D eigenvalue weighted by atomic mass is 10.1. The van der Waals surface area contributed by atoms with Gasteiger partial charge in [0, 0.05) is 31.9 Å². The van der Waals surface area contributed by atoms with Gasteiger partial charge in [-0.05, 0) is 31.0 Å². The van der Waals surface area contributed by atoms with Crippen LogP contribution in [0.1, 0.15) is 21.8 Å². The number of nitrogens with one attached hydrogen (secondary N) is 2. The summed E-state index contributed by atoms with van der Waals surface area (Å²) < 4.78 is 13.2. The molecule has 2 rings (SSSR count). The largest absolute Gasteiger partial charge is 0.356 e. The first-order valence-corrected chi connectivity index (χ1v) is 8.07. The maximum Gasteiger partial charge on any atom is 0.191 e. The molecule has 22 heavy (non-hydrogen) atoms. The molecular formula is C16H21FN4S. The fraction of sp³-hybridized carbons (Fsp3) is 0.375. The number of hydrogen-bond acceptors (Lipinski definition) is 3. The number of nitrogens with zero attached hydrogens (tertiary/aromatic N) is 2. The van der Waals surface area contributed by atoms with Crippen LogP contribution in [-0.4, -0.2) is 24.5 Å². The van der Waals surface area contributed by atoms with Gasteiger partial charge in [-0.2, -0.15) is 0 Å². The molecule has 0 spiro atoms. The standard InChI is InChI=1S/C16H21FN4S/c1-11-8-13(4-5-15(11)17)9-20-16(18-3)19-7-6-14-10-22-12(2)21-14/h4-5,8,10H,6-7,9H2,1-3H3,(H2,18,19,20). The van der Waals surface area contributed by atoms with Gasteiger partial charge in [0.25, 0.3) is 0 Å². The van der Waals surface area contributed by atoms with Crippen LogP contribution in [-0.2, 0) is 13.0 Å². The van der Waals surface area contributed by atoms with E-state index in [0.29, 0.717) is 12.1 Å². The number of halogens is 1. The molecule has 0 saturated heterocycles. The first-order chi connectivity index (χ1) is 10.6. The highest BCUT2D eigenvalue weighted by Crippen LogP contribution is 2.09. The summed E-state index contributed by atoms with van der Waals surface area (Å²) >= 11 is 1.66. The predicted octanol–water partition coefficient (Wildman–Crippen LogP) is 2.81. The number of rotatable bonds is 5. The molecule has 2 N–H and O–H groups in total. The van der Waals surface area contributed by atoms with Gasteiger partial charge < -0.3 is 10.6 Å². The predicted molar refractivity (Wildman–Crippen MR) is 89.9 cm³/mol. The van der Waals surface area contributed by atoms with Crippen LogP contribution < -0.4 is 10.6 Å². The van der Waals surface area contributed by atoms with Crippen molar-refractivity contribution in [2.24, 2.45) is 4.99 Å². The van der Waals surface area contributed by atoms with E-state index >= 15 is 0 Å². The zero-order chi connectivity index (χ0) is 15.9. The third-order valence-electron chi connectivity index (χ3n) is 3.25. The Morgan fingerprint density at radius 2 is 2.14 bits per heavy atom. The van der Waals surface area contributed by atoms with Crippen molar-refractivity contribution in [3.05, 3.63) is 51.2 Å². The van der Waals surface area contributed by atoms with Gasteiger partial charge in [0.2, 0.25) is 0 Å². The number of hydrogen-bond donors (Lipinski definition) is 2. The Bertz CT molecular complexity index is 651. The molecule has 0 amide bonds. The number of thiazole rings is 1. The van der Waals surface area contributed by atoms with Crippen LogP contribution in [0.3, 0.4) is 0 Å². The van der Waals surface area contributed by atoms with Crippen LogP contribution in [0.25, 0.3) is 0 Å². The second-order valence-electron chi connectivity index (χ2n) is 5.04. The Morgan fingerprint density at radius 1 is 1.32 bits per heavy atom. The van der Waals surface area contributed by atoms with Gasteiger partial charge in [-0.1, -0.05) is 12.1 Å². The van der Waals surface area contributed by atoms with Crippen LogP contribution in [0.4, 0.5) is 4.39 Å². The topological polar surface area (TPSA) is 49.3 Å². The van der Waals surface area contributed by atoms with Crippen LogP contribution in [0.15, 0.2) is 28.6 Å². The van der Waals surface area contributed by atoms with Crippen molar-refractivity contribution in [2.75, 3.05) is 13.6 Å². The normalized spacial score (nSPS) is 11.5. The van der Waals surface area contributed by atoms with Crippen LogP contribution in [0, 0.1) is 19.7 Å².